The van der Waals surface area contributed by atoms with E-state index >= 15 is 0 Å². The molecule has 0 bridgehead atoms. The summed E-state index contributed by atoms with van der Waals surface area (Å²) in [4.78, 5) is 23.3. The minimum absolute atomic E-state index is 0.00145. The molecule has 2 atom stereocenters. The maximum absolute atomic E-state index is 12.6. The summed E-state index contributed by atoms with van der Waals surface area (Å²) in [5.74, 6) is -0.660. The van der Waals surface area contributed by atoms with Crippen molar-refractivity contribution in [2.24, 2.45) is 5.41 Å². The Morgan fingerprint density at radius 1 is 1.23 bits per heavy atom. The highest BCUT2D eigenvalue weighted by atomic mass is 16.5. The molecule has 0 spiro atoms. The average molecular weight is 365 g/mol. The van der Waals surface area contributed by atoms with Crippen LogP contribution in [0.2, 0.25) is 0 Å². The predicted octanol–water partition coefficient (Wildman–Crippen LogP) is 2.48. The standard InChI is InChI=1S/C19H27NO6/c1-6-25-14-9-12(7-8-13(14)26-11-16(21)22)17(23)20-15-10-19(4,24-5)18(15,2)3/h7-9,15H,6,10-11H2,1-5H3,(H,20,23)(H,21,22)/t15-,19-/m1/s1. The van der Waals surface area contributed by atoms with Gasteiger partial charge in [-0.15, -0.1) is 0 Å². The van der Waals surface area contributed by atoms with Crippen LogP contribution >= 0.6 is 0 Å². The number of benzene rings is 1. The number of aliphatic carboxylic acids is 1. The van der Waals surface area contributed by atoms with Gasteiger partial charge in [-0.25, -0.2) is 4.79 Å². The Morgan fingerprint density at radius 2 is 1.92 bits per heavy atom. The van der Waals surface area contributed by atoms with E-state index in [1.807, 2.05) is 6.92 Å². The molecule has 7 heteroatoms. The zero-order valence-corrected chi connectivity index (χ0v) is 15.9. The molecule has 1 aromatic carbocycles. The number of carboxylic acid groups (broad SMARTS) is 1. The molecule has 0 saturated heterocycles. The first-order valence-corrected chi connectivity index (χ1v) is 8.62. The number of nitrogens with one attached hydrogen (secondary N) is 1. The highest BCUT2D eigenvalue weighted by Crippen LogP contribution is 2.51. The second-order valence-corrected chi connectivity index (χ2v) is 7.16. The van der Waals surface area contributed by atoms with E-state index < -0.39 is 12.6 Å². The molecule has 1 aliphatic carbocycles. The van der Waals surface area contributed by atoms with E-state index in [2.05, 4.69) is 19.2 Å². The monoisotopic (exact) mass is 365 g/mol. The third-order valence-electron chi connectivity index (χ3n) is 5.44. The summed E-state index contributed by atoms with van der Waals surface area (Å²) in [6.07, 6.45) is 0.736. The molecule has 1 amide bonds. The second kappa shape index (κ2) is 7.53. The van der Waals surface area contributed by atoms with Gasteiger partial charge >= 0.3 is 5.97 Å². The van der Waals surface area contributed by atoms with Gasteiger partial charge in [0.25, 0.3) is 5.91 Å². The fourth-order valence-corrected chi connectivity index (χ4v) is 3.14. The Balaban J connectivity index is 2.12. The predicted molar refractivity (Wildman–Crippen MR) is 95.8 cm³/mol. The van der Waals surface area contributed by atoms with Crippen molar-refractivity contribution in [1.29, 1.82) is 0 Å². The van der Waals surface area contributed by atoms with Gasteiger partial charge in [0.05, 0.1) is 12.2 Å². The Kier molecular flexibility index (Phi) is 5.81. The number of carbonyl (C=O) groups is 2. The Hall–Kier alpha value is -2.28. The van der Waals surface area contributed by atoms with E-state index in [1.54, 1.807) is 32.2 Å². The number of hydrogen-bond acceptors (Lipinski definition) is 5. The van der Waals surface area contributed by atoms with E-state index in [1.165, 1.54) is 0 Å². The first-order chi connectivity index (χ1) is 12.1. The maximum atomic E-state index is 12.6. The maximum Gasteiger partial charge on any atom is 0.341 e. The van der Waals surface area contributed by atoms with Crippen molar-refractivity contribution in [2.75, 3.05) is 20.3 Å². The van der Waals surface area contributed by atoms with Crippen molar-refractivity contribution < 1.29 is 28.9 Å². The summed E-state index contributed by atoms with van der Waals surface area (Å²) in [5, 5.41) is 11.8. The molecule has 1 saturated carbocycles. The van der Waals surface area contributed by atoms with E-state index in [9.17, 15) is 9.59 Å². The molecule has 2 N–H and O–H groups in total. The van der Waals surface area contributed by atoms with Crippen LogP contribution in [0.3, 0.4) is 0 Å². The third kappa shape index (κ3) is 3.77. The van der Waals surface area contributed by atoms with Gasteiger partial charge in [-0.3, -0.25) is 4.79 Å². The summed E-state index contributed by atoms with van der Waals surface area (Å²) >= 11 is 0. The van der Waals surface area contributed by atoms with Crippen molar-refractivity contribution in [3.8, 4) is 11.5 Å². The van der Waals surface area contributed by atoms with Crippen LogP contribution in [0.25, 0.3) is 0 Å². The molecular formula is C19H27NO6. The molecule has 1 aliphatic rings. The van der Waals surface area contributed by atoms with Crippen molar-refractivity contribution in [3.63, 3.8) is 0 Å². The van der Waals surface area contributed by atoms with Gasteiger partial charge in [0.2, 0.25) is 0 Å². The summed E-state index contributed by atoms with van der Waals surface area (Å²) in [5.41, 5.74) is -0.0290. The van der Waals surface area contributed by atoms with Gasteiger partial charge in [0.15, 0.2) is 18.1 Å². The van der Waals surface area contributed by atoms with Gasteiger partial charge < -0.3 is 24.6 Å². The van der Waals surface area contributed by atoms with Gasteiger partial charge in [0.1, 0.15) is 0 Å². The summed E-state index contributed by atoms with van der Waals surface area (Å²) in [7, 11) is 1.68. The zero-order chi connectivity index (χ0) is 19.5. The Labute approximate surface area is 153 Å². The first kappa shape index (κ1) is 20.0. The molecule has 0 aromatic heterocycles. The fraction of sp³-hybridized carbons (Fsp3) is 0.579. The smallest absolute Gasteiger partial charge is 0.341 e. The van der Waals surface area contributed by atoms with E-state index in [0.717, 1.165) is 6.42 Å². The van der Waals surface area contributed by atoms with E-state index in [0.29, 0.717) is 23.7 Å². The molecule has 2 rings (SSSR count). The molecule has 0 aliphatic heterocycles. The second-order valence-electron chi connectivity index (χ2n) is 7.16. The lowest BCUT2D eigenvalue weighted by Crippen LogP contribution is -2.68. The van der Waals surface area contributed by atoms with Crippen LogP contribution in [0, 0.1) is 5.41 Å². The van der Waals surface area contributed by atoms with Crippen LogP contribution in [-0.2, 0) is 9.53 Å². The van der Waals surface area contributed by atoms with Crippen LogP contribution < -0.4 is 14.8 Å². The lowest BCUT2D eigenvalue weighted by molar-refractivity contribution is -0.177. The van der Waals surface area contributed by atoms with Gasteiger partial charge in [-0.1, -0.05) is 13.8 Å². The number of rotatable bonds is 8. The van der Waals surface area contributed by atoms with Gasteiger partial charge in [-0.2, -0.15) is 0 Å². The number of ether oxygens (including phenoxy) is 3. The molecule has 0 unspecified atom stereocenters. The molecule has 26 heavy (non-hydrogen) atoms. The number of methoxy groups -OCH3 is 1. The van der Waals surface area contributed by atoms with Crippen molar-refractivity contribution in [3.05, 3.63) is 23.8 Å². The zero-order valence-electron chi connectivity index (χ0n) is 15.9. The highest BCUT2D eigenvalue weighted by molar-refractivity contribution is 5.95. The van der Waals surface area contributed by atoms with Gasteiger partial charge in [-0.05, 0) is 38.5 Å². The first-order valence-electron chi connectivity index (χ1n) is 8.62. The highest BCUT2D eigenvalue weighted by Gasteiger charge is 2.58. The summed E-state index contributed by atoms with van der Waals surface area (Å²) in [6, 6.07) is 4.71. The summed E-state index contributed by atoms with van der Waals surface area (Å²) < 4.78 is 16.3. The average Bonchev–Trinajstić information content (AvgIpc) is 2.59. The summed E-state index contributed by atoms with van der Waals surface area (Å²) in [6.45, 7) is 7.88. The SMILES string of the molecule is CCOc1cc(C(=O)N[C@@H]2C[C@@](C)(OC)C2(C)C)ccc1OCC(=O)O. The Morgan fingerprint density at radius 3 is 2.46 bits per heavy atom. The normalized spacial score (nSPS) is 23.7. The van der Waals surface area contributed by atoms with Crippen LogP contribution in [0.4, 0.5) is 0 Å². The third-order valence-corrected chi connectivity index (χ3v) is 5.44. The van der Waals surface area contributed by atoms with Crippen molar-refractivity contribution in [2.45, 2.75) is 45.8 Å². The van der Waals surface area contributed by atoms with E-state index in [-0.39, 0.29) is 23.0 Å². The lowest BCUT2D eigenvalue weighted by Gasteiger charge is -2.59. The lowest BCUT2D eigenvalue weighted by atomic mass is 9.56. The molecule has 0 heterocycles. The molecular weight excluding hydrogens is 338 g/mol. The number of carbonyl (C=O) groups excluding carboxylic acids is 1. The van der Waals surface area contributed by atoms with E-state index in [4.69, 9.17) is 19.3 Å². The van der Waals surface area contributed by atoms with Crippen LogP contribution in [0.15, 0.2) is 18.2 Å². The van der Waals surface area contributed by atoms with Crippen LogP contribution in [0.1, 0.15) is 44.5 Å². The quantitative estimate of drug-likeness (QED) is 0.735. The minimum atomic E-state index is -1.08. The topological polar surface area (TPSA) is 94.1 Å². The number of carboxylic acids is 1. The molecule has 7 nitrogen and oxygen atoms in total. The van der Waals surface area contributed by atoms with Crippen molar-refractivity contribution >= 4 is 11.9 Å². The number of amides is 1. The number of hydrogen-bond donors (Lipinski definition) is 2. The molecule has 1 fully saturated rings. The fourth-order valence-electron chi connectivity index (χ4n) is 3.14. The largest absolute Gasteiger partial charge is 0.490 e. The van der Waals surface area contributed by atoms with Gasteiger partial charge in [0, 0.05) is 24.1 Å². The molecule has 144 valence electrons. The van der Waals surface area contributed by atoms with Crippen LogP contribution in [-0.4, -0.2) is 48.9 Å². The van der Waals surface area contributed by atoms with Crippen LogP contribution in [0.5, 0.6) is 11.5 Å². The molecule has 0 radical (unpaired) electrons. The molecule has 1 aromatic rings. The van der Waals surface area contributed by atoms with Crippen molar-refractivity contribution in [1.82, 2.24) is 5.32 Å². The minimum Gasteiger partial charge on any atom is -0.490 e. The Bertz CT molecular complexity index is 687.